The highest BCUT2D eigenvalue weighted by atomic mass is 16.2. The minimum absolute atomic E-state index is 0.988. The molecule has 0 unspecified atom stereocenters. The lowest BCUT2D eigenvalue weighted by atomic mass is 10.2. The average molecular weight is 157 g/mol. The van der Waals surface area contributed by atoms with Crippen LogP contribution in [0, 0.1) is 0 Å². The summed E-state index contributed by atoms with van der Waals surface area (Å²) in [5.41, 5.74) is 1.16. The fourth-order valence-corrected chi connectivity index (χ4v) is 0.622. The van der Waals surface area contributed by atoms with E-state index in [9.17, 15) is 0 Å². The van der Waals surface area contributed by atoms with Crippen LogP contribution in [-0.2, 0) is 0 Å². The fourth-order valence-electron chi connectivity index (χ4n) is 0.622. The van der Waals surface area contributed by atoms with Gasteiger partial charge in [0.25, 0.3) is 0 Å². The van der Waals surface area contributed by atoms with Crippen LogP contribution in [0.2, 0.25) is 0 Å². The highest BCUT2D eigenvalue weighted by Gasteiger charge is 1.87. The van der Waals surface area contributed by atoms with Crippen LogP contribution in [0.25, 0.3) is 0 Å². The van der Waals surface area contributed by atoms with Crippen LogP contribution in [0.5, 0.6) is 0 Å². The number of nitrogens with zero attached hydrogens (tertiary/aromatic N) is 1. The van der Waals surface area contributed by atoms with Gasteiger partial charge in [-0.2, -0.15) is 0 Å². The molecule has 0 fully saturated rings. The molecule has 1 rings (SSSR count). The van der Waals surface area contributed by atoms with Crippen LogP contribution < -0.4 is 0 Å². The van der Waals surface area contributed by atoms with E-state index in [2.05, 4.69) is 17.1 Å². The maximum absolute atomic E-state index is 7.00. The van der Waals surface area contributed by atoms with Gasteiger partial charge in [-0.1, -0.05) is 19.9 Å². The number of dihydropyridines is 1. The second-order valence-electron chi connectivity index (χ2n) is 1.71. The summed E-state index contributed by atoms with van der Waals surface area (Å²) < 4.78 is 0. The van der Waals surface area contributed by atoms with Gasteiger partial charge >= 0.3 is 0 Å². The summed E-state index contributed by atoms with van der Waals surface area (Å²) >= 11 is 0. The van der Waals surface area contributed by atoms with Crippen molar-refractivity contribution >= 4 is 5.71 Å². The van der Waals surface area contributed by atoms with Crippen molar-refractivity contribution in [2.24, 2.45) is 4.99 Å². The molecule has 0 radical (unpaired) electrons. The molecule has 1 heterocycles. The molecule has 2 heteroatoms. The van der Waals surface area contributed by atoms with Gasteiger partial charge in [0.15, 0.2) is 0 Å². The third-order valence-electron chi connectivity index (χ3n) is 1.02. The van der Waals surface area contributed by atoms with E-state index in [1.165, 1.54) is 0 Å². The van der Waals surface area contributed by atoms with E-state index in [1.54, 1.807) is 0 Å². The number of hydrogen-bond donors (Lipinski definition) is 1. The molecule has 0 aliphatic carbocycles. The van der Waals surface area contributed by atoms with Gasteiger partial charge < -0.3 is 5.11 Å². The first-order chi connectivity index (χ1) is 5.39. The predicted octanol–water partition coefficient (Wildman–Crippen LogP) is 2.04. The Balaban J connectivity index is 0. The number of allylic oxidation sites excluding steroid dienone is 1. The Hall–Kier alpha value is -0.630. The summed E-state index contributed by atoms with van der Waals surface area (Å²) in [5.74, 6) is 0. The number of aliphatic hydroxyl groups is 1. The molecule has 0 amide bonds. The number of rotatable bonds is 0. The van der Waals surface area contributed by atoms with Crippen LogP contribution in [-0.4, -0.2) is 24.5 Å². The summed E-state index contributed by atoms with van der Waals surface area (Å²) in [6, 6.07) is 0. The van der Waals surface area contributed by atoms with E-state index in [1.807, 2.05) is 20.8 Å². The maximum Gasteiger partial charge on any atom is 0.0427 e. The lowest BCUT2D eigenvalue weighted by Crippen LogP contribution is -1.92. The highest BCUT2D eigenvalue weighted by molar-refractivity contribution is 5.93. The van der Waals surface area contributed by atoms with E-state index in [4.69, 9.17) is 5.11 Å². The number of aliphatic hydroxyl groups excluding tert-OH is 1. The molecule has 0 aromatic heterocycles. The Morgan fingerprint density at radius 1 is 1.36 bits per heavy atom. The molecule has 0 bridgehead atoms. The summed E-state index contributed by atoms with van der Waals surface area (Å²) in [4.78, 5) is 4.16. The Morgan fingerprint density at radius 2 is 1.91 bits per heavy atom. The van der Waals surface area contributed by atoms with E-state index in [-0.39, 0.29) is 0 Å². The number of hydrogen-bond acceptors (Lipinski definition) is 2. The van der Waals surface area contributed by atoms with Crippen molar-refractivity contribution in [1.29, 1.82) is 0 Å². The van der Waals surface area contributed by atoms with Crippen LogP contribution >= 0.6 is 0 Å². The molecule has 2 nitrogen and oxygen atoms in total. The Kier molecular flexibility index (Phi) is 14.3. The van der Waals surface area contributed by atoms with Gasteiger partial charge in [-0.3, -0.25) is 4.99 Å². The van der Waals surface area contributed by atoms with Crippen molar-refractivity contribution in [1.82, 2.24) is 0 Å². The predicted molar refractivity (Wildman–Crippen MR) is 51.2 cm³/mol. The molecule has 1 aliphatic rings. The van der Waals surface area contributed by atoms with E-state index >= 15 is 0 Å². The van der Waals surface area contributed by atoms with Gasteiger partial charge in [-0.05, 0) is 19.4 Å². The lowest BCUT2D eigenvalue weighted by Gasteiger charge is -1.96. The maximum atomic E-state index is 7.00. The molecule has 0 spiro atoms. The number of aliphatic imine (C=N–C) groups is 1. The van der Waals surface area contributed by atoms with Crippen molar-refractivity contribution in [3.05, 3.63) is 12.2 Å². The van der Waals surface area contributed by atoms with Crippen molar-refractivity contribution < 1.29 is 5.11 Å². The molecule has 0 atom stereocenters. The Bertz CT molecular complexity index is 117. The Morgan fingerprint density at radius 3 is 2.09 bits per heavy atom. The van der Waals surface area contributed by atoms with Gasteiger partial charge in [-0.15, -0.1) is 0 Å². The average Bonchev–Trinajstić information content (AvgIpc) is 2.13. The Labute approximate surface area is 69.7 Å². The summed E-state index contributed by atoms with van der Waals surface area (Å²) in [7, 11) is 1.00. The van der Waals surface area contributed by atoms with Crippen LogP contribution in [0.1, 0.15) is 27.2 Å². The SMILES string of the molecule is CC.CC1=NCCC=C1.CO. The van der Waals surface area contributed by atoms with Gasteiger partial charge in [0.2, 0.25) is 0 Å². The molecule has 0 saturated heterocycles. The third-order valence-corrected chi connectivity index (χ3v) is 1.02. The monoisotopic (exact) mass is 157 g/mol. The first-order valence-corrected chi connectivity index (χ1v) is 4.02. The molecular formula is C9H19NO. The van der Waals surface area contributed by atoms with Crippen LogP contribution in [0.15, 0.2) is 17.1 Å². The van der Waals surface area contributed by atoms with Crippen molar-refractivity contribution in [2.45, 2.75) is 27.2 Å². The molecule has 1 N–H and O–H groups in total. The minimum atomic E-state index is 0.988. The smallest absolute Gasteiger partial charge is 0.0427 e. The van der Waals surface area contributed by atoms with E-state index in [0.29, 0.717) is 0 Å². The van der Waals surface area contributed by atoms with Crippen molar-refractivity contribution in [2.75, 3.05) is 13.7 Å². The molecule has 0 aromatic rings. The van der Waals surface area contributed by atoms with E-state index < -0.39 is 0 Å². The molecule has 11 heavy (non-hydrogen) atoms. The quantitative estimate of drug-likeness (QED) is 0.573. The first-order valence-electron chi connectivity index (χ1n) is 4.02. The van der Waals surface area contributed by atoms with Crippen molar-refractivity contribution in [3.63, 3.8) is 0 Å². The first kappa shape index (κ1) is 13.0. The molecule has 0 saturated carbocycles. The zero-order valence-corrected chi connectivity index (χ0v) is 7.96. The fraction of sp³-hybridized carbons (Fsp3) is 0.667. The molecule has 1 aliphatic heterocycles. The zero-order valence-electron chi connectivity index (χ0n) is 7.96. The topological polar surface area (TPSA) is 32.6 Å². The van der Waals surface area contributed by atoms with Gasteiger partial charge in [0, 0.05) is 19.4 Å². The normalized spacial score (nSPS) is 13.4. The molecular weight excluding hydrogens is 138 g/mol. The lowest BCUT2D eigenvalue weighted by molar-refractivity contribution is 0.399. The summed E-state index contributed by atoms with van der Waals surface area (Å²) in [5, 5.41) is 7.00. The zero-order chi connectivity index (χ0) is 9.11. The largest absolute Gasteiger partial charge is 0.400 e. The van der Waals surface area contributed by atoms with Gasteiger partial charge in [-0.25, -0.2) is 0 Å². The minimum Gasteiger partial charge on any atom is -0.400 e. The summed E-state index contributed by atoms with van der Waals surface area (Å²) in [6.07, 6.45) is 5.34. The van der Waals surface area contributed by atoms with Gasteiger partial charge in [0.05, 0.1) is 0 Å². The third kappa shape index (κ3) is 9.37. The summed E-state index contributed by atoms with van der Waals surface area (Å²) in [6.45, 7) is 7.01. The highest BCUT2D eigenvalue weighted by Crippen LogP contribution is 1.93. The van der Waals surface area contributed by atoms with Crippen LogP contribution in [0.4, 0.5) is 0 Å². The molecule has 66 valence electrons. The van der Waals surface area contributed by atoms with Crippen molar-refractivity contribution in [3.8, 4) is 0 Å². The van der Waals surface area contributed by atoms with E-state index in [0.717, 1.165) is 25.8 Å². The second-order valence-corrected chi connectivity index (χ2v) is 1.71. The second kappa shape index (κ2) is 12.1. The van der Waals surface area contributed by atoms with Gasteiger partial charge in [0.1, 0.15) is 0 Å². The standard InChI is InChI=1S/C6H9N.C2H6.CH4O/c1-6-4-2-3-5-7-6;2*1-2/h2,4H,3,5H2,1H3;1-2H3;2H,1H3. The molecule has 0 aromatic carbocycles. The van der Waals surface area contributed by atoms with Crippen LogP contribution in [0.3, 0.4) is 0 Å².